The summed E-state index contributed by atoms with van der Waals surface area (Å²) in [4.78, 5) is 0.354. The van der Waals surface area contributed by atoms with Crippen LogP contribution in [0.1, 0.15) is 31.2 Å². The molecule has 1 aromatic rings. The number of benzene rings is 1. The highest BCUT2D eigenvalue weighted by molar-refractivity contribution is 7.89. The molecular weight excluding hydrogens is 300 g/mol. The quantitative estimate of drug-likeness (QED) is 0.895. The van der Waals surface area contributed by atoms with Gasteiger partial charge in [0.2, 0.25) is 10.0 Å². The summed E-state index contributed by atoms with van der Waals surface area (Å²) in [5.41, 5.74) is 6.57. The summed E-state index contributed by atoms with van der Waals surface area (Å²) in [7, 11) is -1.86. The molecule has 0 aromatic heterocycles. The fraction of sp³-hybridized carbons (Fsp3) is 0.625. The molecule has 22 heavy (non-hydrogen) atoms. The molecule has 2 bridgehead atoms. The number of nitrogens with two attached hydrogens (primary N) is 1. The summed E-state index contributed by atoms with van der Waals surface area (Å²) in [5, 5.41) is 0. The van der Waals surface area contributed by atoms with Crippen molar-refractivity contribution in [2.75, 3.05) is 20.2 Å². The Balaban J connectivity index is 1.92. The van der Waals surface area contributed by atoms with Crippen molar-refractivity contribution >= 4 is 10.0 Å². The molecule has 2 saturated heterocycles. The van der Waals surface area contributed by atoms with Gasteiger partial charge < -0.3 is 10.5 Å². The fourth-order valence-electron chi connectivity index (χ4n) is 3.79. The topological polar surface area (TPSA) is 72.6 Å². The lowest BCUT2D eigenvalue weighted by Crippen LogP contribution is -2.63. The predicted octanol–water partition coefficient (Wildman–Crippen LogP) is 1.72. The molecule has 1 aromatic carbocycles. The molecule has 0 radical (unpaired) electrons. The van der Waals surface area contributed by atoms with E-state index in [1.54, 1.807) is 23.5 Å². The number of sulfonamides is 1. The smallest absolute Gasteiger partial charge is 0.243 e. The van der Waals surface area contributed by atoms with Crippen molar-refractivity contribution in [3.05, 3.63) is 29.8 Å². The monoisotopic (exact) mass is 324 g/mol. The summed E-state index contributed by atoms with van der Waals surface area (Å²) in [6.07, 6.45) is 3.95. The van der Waals surface area contributed by atoms with Gasteiger partial charge in [-0.25, -0.2) is 8.42 Å². The van der Waals surface area contributed by atoms with Crippen LogP contribution in [0.5, 0.6) is 0 Å². The highest BCUT2D eigenvalue weighted by atomic mass is 32.2. The van der Waals surface area contributed by atoms with Crippen LogP contribution in [-0.2, 0) is 21.4 Å². The molecule has 5 nitrogen and oxygen atoms in total. The molecule has 3 aliphatic rings. The first-order valence-electron chi connectivity index (χ1n) is 7.83. The van der Waals surface area contributed by atoms with E-state index >= 15 is 0 Å². The molecule has 1 saturated carbocycles. The fourth-order valence-corrected chi connectivity index (χ4v) is 5.69. The molecule has 0 unspecified atom stereocenters. The number of methoxy groups -OCH3 is 1. The standard InChI is InChI=1S/C16H24N2O3S/c1-21-11-14-2-4-15(5-3-14)22(19,20)18-10-13-6-8-16(18,12-17)9-7-13/h2-5,13H,6-12,17H2,1H3. The van der Waals surface area contributed by atoms with E-state index in [0.29, 0.717) is 30.5 Å². The predicted molar refractivity (Wildman–Crippen MR) is 84.8 cm³/mol. The number of ether oxygens (including phenoxy) is 1. The van der Waals surface area contributed by atoms with E-state index in [0.717, 1.165) is 31.2 Å². The third-order valence-corrected chi connectivity index (χ3v) is 7.18. The minimum atomic E-state index is -3.48. The maximum absolute atomic E-state index is 13.0. The van der Waals surface area contributed by atoms with Crippen molar-refractivity contribution in [2.45, 2.75) is 42.7 Å². The first-order chi connectivity index (χ1) is 10.5. The highest BCUT2D eigenvalue weighted by Gasteiger charge is 2.50. The van der Waals surface area contributed by atoms with E-state index < -0.39 is 10.0 Å². The molecule has 2 N–H and O–H groups in total. The minimum Gasteiger partial charge on any atom is -0.380 e. The Labute approximate surface area is 132 Å². The van der Waals surface area contributed by atoms with Crippen LogP contribution in [0, 0.1) is 5.92 Å². The number of hydrogen-bond acceptors (Lipinski definition) is 4. The Morgan fingerprint density at radius 1 is 1.27 bits per heavy atom. The van der Waals surface area contributed by atoms with Crippen molar-refractivity contribution in [2.24, 2.45) is 11.7 Å². The Morgan fingerprint density at radius 2 is 1.91 bits per heavy atom. The Bertz CT molecular complexity index is 619. The zero-order valence-electron chi connectivity index (χ0n) is 13.0. The molecule has 0 amide bonds. The van der Waals surface area contributed by atoms with Gasteiger partial charge in [0.15, 0.2) is 0 Å². The maximum atomic E-state index is 13.0. The van der Waals surface area contributed by atoms with Crippen LogP contribution < -0.4 is 5.73 Å². The second-order valence-corrected chi connectivity index (χ2v) is 8.35. The van der Waals surface area contributed by atoms with E-state index in [1.165, 1.54) is 0 Å². The van der Waals surface area contributed by atoms with E-state index in [9.17, 15) is 8.42 Å². The molecule has 0 spiro atoms. The third-order valence-electron chi connectivity index (χ3n) is 5.19. The molecule has 6 heteroatoms. The Kier molecular flexibility index (Phi) is 4.29. The lowest BCUT2D eigenvalue weighted by Gasteiger charge is -2.53. The number of rotatable bonds is 5. The molecule has 2 heterocycles. The van der Waals surface area contributed by atoms with Gasteiger partial charge in [-0.15, -0.1) is 0 Å². The highest BCUT2D eigenvalue weighted by Crippen LogP contribution is 2.45. The van der Waals surface area contributed by atoms with Crippen LogP contribution in [0.2, 0.25) is 0 Å². The second kappa shape index (κ2) is 5.92. The van der Waals surface area contributed by atoms with Crippen molar-refractivity contribution in [1.29, 1.82) is 0 Å². The summed E-state index contributed by atoms with van der Waals surface area (Å²) in [6, 6.07) is 6.98. The Morgan fingerprint density at radius 3 is 2.45 bits per heavy atom. The number of hydrogen-bond donors (Lipinski definition) is 1. The van der Waals surface area contributed by atoms with Crippen molar-refractivity contribution in [1.82, 2.24) is 4.31 Å². The van der Waals surface area contributed by atoms with Crippen LogP contribution in [0.4, 0.5) is 0 Å². The summed E-state index contributed by atoms with van der Waals surface area (Å²) in [5.74, 6) is 0.482. The summed E-state index contributed by atoms with van der Waals surface area (Å²) in [6.45, 7) is 1.50. The van der Waals surface area contributed by atoms with Crippen LogP contribution in [0.25, 0.3) is 0 Å². The molecule has 122 valence electrons. The zero-order chi connectivity index (χ0) is 15.8. The third kappa shape index (κ3) is 2.58. The van der Waals surface area contributed by atoms with E-state index in [4.69, 9.17) is 10.5 Å². The summed E-state index contributed by atoms with van der Waals surface area (Å²) >= 11 is 0. The molecule has 3 fully saturated rings. The van der Waals surface area contributed by atoms with Gasteiger partial charge in [-0.05, 0) is 49.3 Å². The van der Waals surface area contributed by atoms with Gasteiger partial charge in [-0.2, -0.15) is 4.31 Å². The van der Waals surface area contributed by atoms with Crippen molar-refractivity contribution < 1.29 is 13.2 Å². The molecular formula is C16H24N2O3S. The van der Waals surface area contributed by atoms with Gasteiger partial charge in [-0.1, -0.05) is 12.1 Å². The van der Waals surface area contributed by atoms with Crippen LogP contribution in [0.3, 0.4) is 0 Å². The maximum Gasteiger partial charge on any atom is 0.243 e. The summed E-state index contributed by atoms with van der Waals surface area (Å²) < 4.78 is 32.8. The van der Waals surface area contributed by atoms with Gasteiger partial charge in [0.05, 0.1) is 11.5 Å². The van der Waals surface area contributed by atoms with E-state index in [2.05, 4.69) is 0 Å². The first-order valence-corrected chi connectivity index (χ1v) is 9.27. The molecule has 1 aliphatic carbocycles. The number of piperidine rings is 2. The minimum absolute atomic E-state index is 0.354. The van der Waals surface area contributed by atoms with E-state index in [-0.39, 0.29) is 5.54 Å². The first kappa shape index (κ1) is 15.9. The van der Waals surface area contributed by atoms with Crippen molar-refractivity contribution in [3.8, 4) is 0 Å². The molecule has 4 rings (SSSR count). The second-order valence-electron chi connectivity index (χ2n) is 6.48. The van der Waals surface area contributed by atoms with Crippen molar-refractivity contribution in [3.63, 3.8) is 0 Å². The number of fused-ring (bicyclic) bond motifs is 3. The molecule has 2 aliphatic heterocycles. The average Bonchev–Trinajstić information content (AvgIpc) is 2.56. The Hall–Kier alpha value is -0.950. The van der Waals surface area contributed by atoms with Crippen LogP contribution >= 0.6 is 0 Å². The number of nitrogens with zero attached hydrogens (tertiary/aromatic N) is 1. The van der Waals surface area contributed by atoms with Gasteiger partial charge >= 0.3 is 0 Å². The lowest BCUT2D eigenvalue weighted by molar-refractivity contribution is 0.0355. The van der Waals surface area contributed by atoms with E-state index in [1.807, 2.05) is 12.1 Å². The van der Waals surface area contributed by atoms with Gasteiger partial charge in [0, 0.05) is 25.7 Å². The zero-order valence-corrected chi connectivity index (χ0v) is 13.8. The molecule has 0 atom stereocenters. The van der Waals surface area contributed by atoms with Gasteiger partial charge in [-0.3, -0.25) is 0 Å². The largest absolute Gasteiger partial charge is 0.380 e. The van der Waals surface area contributed by atoms with Crippen LogP contribution in [0.15, 0.2) is 29.2 Å². The SMILES string of the molecule is COCc1ccc(S(=O)(=O)N2CC3CCC2(CN)CC3)cc1. The van der Waals surface area contributed by atoms with Gasteiger partial charge in [0.1, 0.15) is 0 Å². The van der Waals surface area contributed by atoms with Gasteiger partial charge in [0.25, 0.3) is 0 Å². The average molecular weight is 324 g/mol. The normalized spacial score (nSPS) is 28.9. The van der Waals surface area contributed by atoms with Crippen LogP contribution in [-0.4, -0.2) is 38.5 Å². The lowest BCUT2D eigenvalue weighted by atomic mass is 9.72.